The van der Waals surface area contributed by atoms with Crippen LogP contribution in [0.1, 0.15) is 342 Å². The molecule has 6 nitrogen and oxygen atoms in total. The van der Waals surface area contributed by atoms with Crippen molar-refractivity contribution in [2.24, 2.45) is 0 Å². The second-order valence-electron chi connectivity index (χ2n) is 22.0. The molecule has 1 atom stereocenters. The van der Waals surface area contributed by atoms with Gasteiger partial charge in [0.05, 0.1) is 0 Å². The lowest BCUT2D eigenvalue weighted by atomic mass is 10.0. The van der Waals surface area contributed by atoms with Crippen LogP contribution in [0, 0.1) is 0 Å². The summed E-state index contributed by atoms with van der Waals surface area (Å²) < 4.78 is 16.9. The van der Waals surface area contributed by atoms with E-state index in [1.807, 2.05) is 0 Å². The van der Waals surface area contributed by atoms with Crippen LogP contribution in [-0.4, -0.2) is 37.2 Å². The van der Waals surface area contributed by atoms with Crippen molar-refractivity contribution in [3.05, 3.63) is 60.8 Å². The average Bonchev–Trinajstić information content (AvgIpc) is 3.41. The van der Waals surface area contributed by atoms with Crippen LogP contribution in [0.15, 0.2) is 60.8 Å². The zero-order chi connectivity index (χ0) is 54.3. The summed E-state index contributed by atoms with van der Waals surface area (Å²) in [7, 11) is 0. The van der Waals surface area contributed by atoms with Gasteiger partial charge in [-0.05, 0) is 57.8 Å². The highest BCUT2D eigenvalue weighted by atomic mass is 16.6. The third-order valence-electron chi connectivity index (χ3n) is 14.5. The van der Waals surface area contributed by atoms with E-state index in [0.29, 0.717) is 19.3 Å². The first kappa shape index (κ1) is 72.1. The summed E-state index contributed by atoms with van der Waals surface area (Å²) in [5.74, 6) is -0.925. The summed E-state index contributed by atoms with van der Waals surface area (Å²) in [4.78, 5) is 38.3. The van der Waals surface area contributed by atoms with Gasteiger partial charge in [-0.15, -0.1) is 0 Å². The lowest BCUT2D eigenvalue weighted by Crippen LogP contribution is -2.30. The van der Waals surface area contributed by atoms with E-state index in [0.717, 1.165) is 77.0 Å². The van der Waals surface area contributed by atoms with Gasteiger partial charge in [-0.25, -0.2) is 0 Å². The minimum absolute atomic E-state index is 0.0870. The number of rotatable bonds is 60. The van der Waals surface area contributed by atoms with Crippen molar-refractivity contribution in [2.45, 2.75) is 348 Å². The summed E-state index contributed by atoms with van der Waals surface area (Å²) in [6.45, 7) is 6.54. The maximum atomic E-state index is 12.9. The molecule has 0 amide bonds. The molecule has 0 saturated carbocycles. The Morgan fingerprint density at radius 3 is 0.813 bits per heavy atom. The van der Waals surface area contributed by atoms with E-state index in [9.17, 15) is 14.4 Å². The fraction of sp³-hybridized carbons (Fsp3) is 0.812. The van der Waals surface area contributed by atoms with Gasteiger partial charge in [0.15, 0.2) is 6.10 Å². The van der Waals surface area contributed by atoms with Crippen molar-refractivity contribution in [2.75, 3.05) is 13.2 Å². The zero-order valence-electron chi connectivity index (χ0n) is 50.1. The molecule has 0 aliphatic carbocycles. The van der Waals surface area contributed by atoms with E-state index in [2.05, 4.69) is 81.5 Å². The Kier molecular flexibility index (Phi) is 61.2. The molecule has 0 aliphatic heterocycles. The van der Waals surface area contributed by atoms with E-state index in [1.165, 1.54) is 218 Å². The van der Waals surface area contributed by atoms with Crippen LogP contribution >= 0.6 is 0 Å². The van der Waals surface area contributed by atoms with E-state index in [4.69, 9.17) is 14.2 Å². The zero-order valence-corrected chi connectivity index (χ0v) is 50.1. The number of carbonyl (C=O) groups excluding carboxylic acids is 3. The van der Waals surface area contributed by atoms with Crippen LogP contribution in [0.3, 0.4) is 0 Å². The van der Waals surface area contributed by atoms with E-state index in [-0.39, 0.29) is 37.5 Å². The standard InChI is InChI=1S/C69H124O6/c1-4-7-10-13-16-19-22-25-28-31-33-34-36-39-42-45-48-51-54-57-60-63-69(72)75-66(64-73-67(70)61-58-55-52-49-46-43-40-37-30-27-24-21-18-15-12-9-6-3)65-74-68(71)62-59-56-53-50-47-44-41-38-35-32-29-26-23-20-17-14-11-8-5-2/h9,12,18,21,27,30,40,43,49,52,66H,4-8,10-11,13-17,19-20,22-26,28-29,31-39,41-42,44-48,50-51,53-65H2,1-3H3/b12-9-,21-18-,30-27-,43-40-,52-49-/t66-/m1/s1. The molecule has 0 N–H and O–H groups in total. The molecule has 0 fully saturated rings. The highest BCUT2D eigenvalue weighted by Crippen LogP contribution is 2.18. The maximum Gasteiger partial charge on any atom is 0.306 e. The molecule has 0 unspecified atom stereocenters. The van der Waals surface area contributed by atoms with Crippen LogP contribution in [0.25, 0.3) is 0 Å². The van der Waals surface area contributed by atoms with Crippen molar-refractivity contribution >= 4 is 17.9 Å². The predicted octanol–water partition coefficient (Wildman–Crippen LogP) is 22.3. The van der Waals surface area contributed by atoms with Crippen LogP contribution < -0.4 is 0 Å². The van der Waals surface area contributed by atoms with Crippen LogP contribution in [0.5, 0.6) is 0 Å². The lowest BCUT2D eigenvalue weighted by Gasteiger charge is -2.18. The summed E-state index contributed by atoms with van der Waals surface area (Å²) in [6, 6.07) is 0. The Labute approximate surface area is 466 Å². The quantitative estimate of drug-likeness (QED) is 0.0261. The Balaban J connectivity index is 4.38. The largest absolute Gasteiger partial charge is 0.462 e. The number of hydrogen-bond acceptors (Lipinski definition) is 6. The fourth-order valence-electron chi connectivity index (χ4n) is 9.66. The predicted molar refractivity (Wildman–Crippen MR) is 325 cm³/mol. The van der Waals surface area contributed by atoms with E-state index < -0.39 is 6.10 Å². The monoisotopic (exact) mass is 1050 g/mol. The van der Waals surface area contributed by atoms with Gasteiger partial charge >= 0.3 is 17.9 Å². The maximum absolute atomic E-state index is 12.9. The highest BCUT2D eigenvalue weighted by molar-refractivity contribution is 5.71. The van der Waals surface area contributed by atoms with Gasteiger partial charge in [-0.3, -0.25) is 14.4 Å². The van der Waals surface area contributed by atoms with Crippen molar-refractivity contribution in [1.29, 1.82) is 0 Å². The third kappa shape index (κ3) is 61.8. The van der Waals surface area contributed by atoms with Crippen molar-refractivity contribution in [3.63, 3.8) is 0 Å². The van der Waals surface area contributed by atoms with Gasteiger partial charge in [0.25, 0.3) is 0 Å². The van der Waals surface area contributed by atoms with Crippen molar-refractivity contribution in [1.82, 2.24) is 0 Å². The summed E-state index contributed by atoms with van der Waals surface area (Å²) in [5, 5.41) is 0. The Morgan fingerprint density at radius 1 is 0.280 bits per heavy atom. The number of ether oxygens (including phenoxy) is 3. The van der Waals surface area contributed by atoms with Gasteiger partial charge < -0.3 is 14.2 Å². The average molecular weight is 1050 g/mol. The summed E-state index contributed by atoms with van der Waals surface area (Å²) >= 11 is 0. The SMILES string of the molecule is CC/C=C\C/C=C\C/C=C\C/C=C\C/C=C\CCCC(=O)OC[C@H](COC(=O)CCCCCCCCCCCCCCCCCCCCC)OC(=O)CCCCCCCCCCCCCCCCCCCCCCC. The van der Waals surface area contributed by atoms with Gasteiger partial charge in [-0.1, -0.05) is 326 Å². The van der Waals surface area contributed by atoms with Gasteiger partial charge in [0.2, 0.25) is 0 Å². The minimum Gasteiger partial charge on any atom is -0.462 e. The first-order chi connectivity index (χ1) is 37.0. The topological polar surface area (TPSA) is 78.9 Å². The number of carbonyl (C=O) groups is 3. The molecular formula is C69H124O6. The molecule has 0 bridgehead atoms. The minimum atomic E-state index is -0.795. The summed E-state index contributed by atoms with van der Waals surface area (Å²) in [6.07, 6.45) is 81.0. The molecule has 0 rings (SSSR count). The molecule has 0 aromatic carbocycles. The fourth-order valence-corrected chi connectivity index (χ4v) is 9.66. The van der Waals surface area contributed by atoms with Gasteiger partial charge in [0, 0.05) is 19.3 Å². The molecule has 6 heteroatoms. The van der Waals surface area contributed by atoms with Crippen LogP contribution in [0.2, 0.25) is 0 Å². The lowest BCUT2D eigenvalue weighted by molar-refractivity contribution is -0.167. The molecular weight excluding hydrogens is 925 g/mol. The smallest absolute Gasteiger partial charge is 0.306 e. The van der Waals surface area contributed by atoms with E-state index >= 15 is 0 Å². The Morgan fingerprint density at radius 2 is 0.520 bits per heavy atom. The molecule has 0 saturated heterocycles. The Hall–Kier alpha value is -2.89. The van der Waals surface area contributed by atoms with E-state index in [1.54, 1.807) is 0 Å². The van der Waals surface area contributed by atoms with Gasteiger partial charge in [-0.2, -0.15) is 0 Å². The summed E-state index contributed by atoms with van der Waals surface area (Å²) in [5.41, 5.74) is 0. The molecule has 0 aromatic heterocycles. The Bertz CT molecular complexity index is 1340. The van der Waals surface area contributed by atoms with Crippen LogP contribution in [0.4, 0.5) is 0 Å². The highest BCUT2D eigenvalue weighted by Gasteiger charge is 2.19. The molecule has 0 heterocycles. The molecule has 0 radical (unpaired) electrons. The third-order valence-corrected chi connectivity index (χ3v) is 14.5. The first-order valence-corrected chi connectivity index (χ1v) is 32.8. The molecule has 75 heavy (non-hydrogen) atoms. The molecule has 0 aliphatic rings. The van der Waals surface area contributed by atoms with Gasteiger partial charge in [0.1, 0.15) is 13.2 Å². The number of esters is 3. The second-order valence-corrected chi connectivity index (χ2v) is 22.0. The van der Waals surface area contributed by atoms with Crippen molar-refractivity contribution in [3.8, 4) is 0 Å². The number of hydrogen-bond donors (Lipinski definition) is 0. The molecule has 0 spiro atoms. The number of unbranched alkanes of at least 4 members (excludes halogenated alkanes) is 39. The molecule has 436 valence electrons. The first-order valence-electron chi connectivity index (χ1n) is 32.8. The normalized spacial score (nSPS) is 12.4. The number of allylic oxidation sites excluding steroid dienone is 10. The van der Waals surface area contributed by atoms with Crippen LogP contribution in [-0.2, 0) is 28.6 Å². The molecule has 0 aromatic rings. The second kappa shape index (κ2) is 63.6. The van der Waals surface area contributed by atoms with Crippen molar-refractivity contribution < 1.29 is 28.6 Å².